The predicted octanol–water partition coefficient (Wildman–Crippen LogP) is 1.68. The van der Waals surface area contributed by atoms with Gasteiger partial charge in [-0.1, -0.05) is 5.92 Å². The van der Waals surface area contributed by atoms with Gasteiger partial charge in [0.2, 0.25) is 0 Å². The van der Waals surface area contributed by atoms with Crippen LogP contribution in [0.1, 0.15) is 23.5 Å². The summed E-state index contributed by atoms with van der Waals surface area (Å²) in [6.07, 6.45) is 8.78. The van der Waals surface area contributed by atoms with Gasteiger partial charge in [-0.3, -0.25) is 4.90 Å². The average molecular weight is 263 g/mol. The fourth-order valence-corrected chi connectivity index (χ4v) is 3.00. The Morgan fingerprint density at radius 1 is 1.56 bits per heavy atom. The van der Waals surface area contributed by atoms with Crippen molar-refractivity contribution in [1.29, 1.82) is 0 Å². The lowest BCUT2D eigenvalue weighted by atomic mass is 10.0. The van der Waals surface area contributed by atoms with Crippen LogP contribution in [0.2, 0.25) is 0 Å². The molecular formula is C14H21N3S. The van der Waals surface area contributed by atoms with E-state index < -0.39 is 0 Å². The second-order valence-corrected chi connectivity index (χ2v) is 5.88. The van der Waals surface area contributed by atoms with Gasteiger partial charge >= 0.3 is 0 Å². The van der Waals surface area contributed by atoms with E-state index in [1.54, 1.807) is 11.3 Å². The summed E-state index contributed by atoms with van der Waals surface area (Å²) in [5, 5.41) is 6.95. The molecule has 4 heteroatoms. The van der Waals surface area contributed by atoms with Crippen molar-refractivity contribution in [1.82, 2.24) is 15.2 Å². The van der Waals surface area contributed by atoms with Gasteiger partial charge in [0.15, 0.2) is 0 Å². The van der Waals surface area contributed by atoms with E-state index in [4.69, 9.17) is 6.42 Å². The molecule has 1 aliphatic rings. The van der Waals surface area contributed by atoms with E-state index >= 15 is 0 Å². The Morgan fingerprint density at radius 3 is 2.94 bits per heavy atom. The predicted molar refractivity (Wildman–Crippen MR) is 76.9 cm³/mol. The molecule has 1 aromatic rings. The number of likely N-dealkylation sites (tertiary alicyclic amines) is 1. The van der Waals surface area contributed by atoms with Crippen molar-refractivity contribution in [2.75, 3.05) is 26.2 Å². The third-order valence-corrected chi connectivity index (χ3v) is 4.21. The molecule has 1 fully saturated rings. The van der Waals surface area contributed by atoms with E-state index in [2.05, 4.69) is 33.4 Å². The van der Waals surface area contributed by atoms with Gasteiger partial charge in [0.05, 0.1) is 17.2 Å². The van der Waals surface area contributed by atoms with Crippen molar-refractivity contribution in [3.05, 3.63) is 16.1 Å². The molecule has 0 amide bonds. The molecule has 0 unspecified atom stereocenters. The van der Waals surface area contributed by atoms with Crippen LogP contribution < -0.4 is 5.32 Å². The normalized spacial score (nSPS) is 17.8. The van der Waals surface area contributed by atoms with Crippen molar-refractivity contribution in [2.45, 2.75) is 32.2 Å². The number of thiazole rings is 1. The van der Waals surface area contributed by atoms with Crippen LogP contribution in [0, 0.1) is 19.3 Å². The molecule has 2 heterocycles. The molecule has 1 aromatic heterocycles. The highest BCUT2D eigenvalue weighted by molar-refractivity contribution is 7.09. The molecule has 18 heavy (non-hydrogen) atoms. The maximum atomic E-state index is 5.33. The molecule has 3 nitrogen and oxygen atoms in total. The smallest absolute Gasteiger partial charge is 0.0897 e. The molecule has 0 spiro atoms. The van der Waals surface area contributed by atoms with Crippen molar-refractivity contribution in [3.8, 4) is 12.3 Å². The summed E-state index contributed by atoms with van der Waals surface area (Å²) in [6.45, 7) is 6.13. The maximum Gasteiger partial charge on any atom is 0.0897 e. The molecule has 0 atom stereocenters. The van der Waals surface area contributed by atoms with Crippen LogP contribution in [-0.2, 0) is 6.42 Å². The lowest BCUT2D eigenvalue weighted by molar-refractivity contribution is 0.218. The van der Waals surface area contributed by atoms with E-state index in [1.807, 2.05) is 0 Å². The molecule has 1 saturated heterocycles. The van der Waals surface area contributed by atoms with Gasteiger partial charge in [0, 0.05) is 37.5 Å². The Hall–Kier alpha value is -0.890. The standard InChI is InChI=1S/C14H21N3S/c1-3-8-17-9-5-13(6-10-17)15-7-4-14-11-18-12(2)16-14/h1,11,13,15H,4-10H2,2H3. The van der Waals surface area contributed by atoms with Crippen LogP contribution in [0.5, 0.6) is 0 Å². The summed E-state index contributed by atoms with van der Waals surface area (Å²) in [7, 11) is 0. The molecule has 0 radical (unpaired) electrons. The van der Waals surface area contributed by atoms with Crippen molar-refractivity contribution in [3.63, 3.8) is 0 Å². The Morgan fingerprint density at radius 2 is 2.33 bits per heavy atom. The zero-order chi connectivity index (χ0) is 12.8. The van der Waals surface area contributed by atoms with E-state index in [9.17, 15) is 0 Å². The van der Waals surface area contributed by atoms with Crippen LogP contribution in [0.25, 0.3) is 0 Å². The van der Waals surface area contributed by atoms with E-state index in [1.165, 1.54) is 18.5 Å². The number of rotatable bonds is 5. The molecule has 1 N–H and O–H groups in total. The second-order valence-electron chi connectivity index (χ2n) is 4.82. The van der Waals surface area contributed by atoms with Crippen LogP contribution >= 0.6 is 11.3 Å². The van der Waals surface area contributed by atoms with Crippen LogP contribution in [0.15, 0.2) is 5.38 Å². The molecule has 0 aromatic carbocycles. The first kappa shape index (κ1) is 13.5. The van der Waals surface area contributed by atoms with Crippen LogP contribution in [-0.4, -0.2) is 42.1 Å². The zero-order valence-corrected chi connectivity index (χ0v) is 11.8. The molecule has 0 saturated carbocycles. The lowest BCUT2D eigenvalue weighted by Gasteiger charge is -2.31. The van der Waals surface area contributed by atoms with Crippen LogP contribution in [0.3, 0.4) is 0 Å². The van der Waals surface area contributed by atoms with E-state index in [0.29, 0.717) is 6.04 Å². The van der Waals surface area contributed by atoms with Gasteiger partial charge in [0.25, 0.3) is 0 Å². The first-order valence-electron chi connectivity index (χ1n) is 6.58. The molecule has 1 aliphatic heterocycles. The Bertz CT molecular complexity index is 399. The van der Waals surface area contributed by atoms with Crippen molar-refractivity contribution in [2.24, 2.45) is 0 Å². The summed E-state index contributed by atoms with van der Waals surface area (Å²) in [5.74, 6) is 2.72. The molecule has 0 bridgehead atoms. The summed E-state index contributed by atoms with van der Waals surface area (Å²) in [5.41, 5.74) is 1.22. The van der Waals surface area contributed by atoms with Crippen molar-refractivity contribution >= 4 is 11.3 Å². The number of aryl methyl sites for hydroxylation is 1. The zero-order valence-electron chi connectivity index (χ0n) is 11.0. The van der Waals surface area contributed by atoms with Gasteiger partial charge in [0.1, 0.15) is 0 Å². The topological polar surface area (TPSA) is 28.2 Å². The van der Waals surface area contributed by atoms with Gasteiger partial charge in [-0.25, -0.2) is 4.98 Å². The van der Waals surface area contributed by atoms with Crippen molar-refractivity contribution < 1.29 is 0 Å². The number of aromatic nitrogens is 1. The number of nitrogens with one attached hydrogen (secondary N) is 1. The van der Waals surface area contributed by atoms with Gasteiger partial charge in [-0.2, -0.15) is 0 Å². The minimum atomic E-state index is 0.652. The fraction of sp³-hybridized carbons (Fsp3) is 0.643. The highest BCUT2D eigenvalue weighted by Crippen LogP contribution is 2.11. The number of hydrogen-bond donors (Lipinski definition) is 1. The second kappa shape index (κ2) is 6.89. The molecular weight excluding hydrogens is 242 g/mol. The number of hydrogen-bond acceptors (Lipinski definition) is 4. The Kier molecular flexibility index (Phi) is 5.18. The third kappa shape index (κ3) is 4.09. The van der Waals surface area contributed by atoms with E-state index in [-0.39, 0.29) is 0 Å². The summed E-state index contributed by atoms with van der Waals surface area (Å²) < 4.78 is 0. The Labute approximate surface area is 114 Å². The SMILES string of the molecule is C#CCN1CCC(NCCc2csc(C)n2)CC1. The minimum Gasteiger partial charge on any atom is -0.313 e. The quantitative estimate of drug-likeness (QED) is 0.819. The molecule has 0 aliphatic carbocycles. The average Bonchev–Trinajstić information content (AvgIpc) is 2.78. The fourth-order valence-electron chi connectivity index (χ4n) is 2.35. The van der Waals surface area contributed by atoms with Crippen LogP contribution in [0.4, 0.5) is 0 Å². The lowest BCUT2D eigenvalue weighted by Crippen LogP contribution is -2.43. The monoisotopic (exact) mass is 263 g/mol. The minimum absolute atomic E-state index is 0.652. The maximum absolute atomic E-state index is 5.33. The number of nitrogens with zero attached hydrogens (tertiary/aromatic N) is 2. The highest BCUT2D eigenvalue weighted by atomic mass is 32.1. The highest BCUT2D eigenvalue weighted by Gasteiger charge is 2.17. The van der Waals surface area contributed by atoms with E-state index in [0.717, 1.165) is 37.6 Å². The Balaban J connectivity index is 1.62. The largest absolute Gasteiger partial charge is 0.313 e. The first-order chi connectivity index (χ1) is 8.78. The summed E-state index contributed by atoms with van der Waals surface area (Å²) in [6, 6.07) is 0.652. The molecule has 2 rings (SSSR count). The van der Waals surface area contributed by atoms with Gasteiger partial charge in [-0.05, 0) is 19.8 Å². The first-order valence-corrected chi connectivity index (χ1v) is 7.46. The van der Waals surface area contributed by atoms with Gasteiger partial charge < -0.3 is 5.32 Å². The molecule has 98 valence electrons. The summed E-state index contributed by atoms with van der Waals surface area (Å²) in [4.78, 5) is 6.83. The third-order valence-electron chi connectivity index (χ3n) is 3.38. The number of terminal acetylenes is 1. The summed E-state index contributed by atoms with van der Waals surface area (Å²) >= 11 is 1.73. The number of piperidine rings is 1. The van der Waals surface area contributed by atoms with Gasteiger partial charge in [-0.15, -0.1) is 17.8 Å².